The summed E-state index contributed by atoms with van der Waals surface area (Å²) >= 11 is 0. The Morgan fingerprint density at radius 3 is 2.05 bits per heavy atom. The number of hydrogen-bond acceptors (Lipinski definition) is 4. The molecule has 0 amide bonds. The molecule has 0 atom stereocenters. The quantitative estimate of drug-likeness (QED) is 0.530. The minimum atomic E-state index is 0.956. The summed E-state index contributed by atoms with van der Waals surface area (Å²) in [5.74, 6) is 0. The molecule has 100 valence electrons. The largest absolute Gasteiger partial charge is 0.464 e. The van der Waals surface area contributed by atoms with Crippen molar-refractivity contribution in [1.29, 1.82) is 0 Å². The lowest BCUT2D eigenvalue weighted by atomic mass is 10.3. The molecule has 0 aliphatic rings. The summed E-state index contributed by atoms with van der Waals surface area (Å²) < 4.78 is 5.12. The predicted octanol–water partition coefficient (Wildman–Crippen LogP) is 3.32. The number of nitrogens with zero attached hydrogens (tertiary/aromatic N) is 3. The zero-order chi connectivity index (χ0) is 13.9. The third-order valence-electron chi connectivity index (χ3n) is 2.25. The summed E-state index contributed by atoms with van der Waals surface area (Å²) in [5, 5.41) is 1.16. The lowest BCUT2D eigenvalue weighted by Crippen LogP contribution is -1.66. The summed E-state index contributed by atoms with van der Waals surface area (Å²) in [6, 6.07) is 9.90. The van der Waals surface area contributed by atoms with Gasteiger partial charge in [0.15, 0.2) is 0 Å². The lowest BCUT2D eigenvalue weighted by Gasteiger charge is -1.81. The van der Waals surface area contributed by atoms with Gasteiger partial charge in [-0.25, -0.2) is 4.98 Å². The van der Waals surface area contributed by atoms with Crippen molar-refractivity contribution in [2.24, 2.45) is 0 Å². The Hall–Kier alpha value is -2.95. The molecule has 0 fully saturated rings. The zero-order valence-electron chi connectivity index (χ0n) is 10.8. The average Bonchev–Trinajstić information content (AvgIpc) is 3.24. The van der Waals surface area contributed by atoms with Gasteiger partial charge in [0.05, 0.1) is 12.6 Å². The van der Waals surface area contributed by atoms with Crippen molar-refractivity contribution >= 4 is 11.0 Å². The summed E-state index contributed by atoms with van der Waals surface area (Å²) in [5.41, 5.74) is 0.956. The van der Waals surface area contributed by atoms with Crippen molar-refractivity contribution in [2.75, 3.05) is 0 Å². The van der Waals surface area contributed by atoms with Crippen LogP contribution in [0.2, 0.25) is 0 Å². The number of H-pyrrole nitrogens is 1. The minimum Gasteiger partial charge on any atom is -0.464 e. The van der Waals surface area contributed by atoms with Crippen LogP contribution < -0.4 is 0 Å². The number of hydrogen-bond donors (Lipinski definition) is 1. The van der Waals surface area contributed by atoms with E-state index < -0.39 is 0 Å². The van der Waals surface area contributed by atoms with Gasteiger partial charge in [-0.15, -0.1) is 0 Å². The standard InChI is InChI=1S/C8H6O.C4H4N2.C3H4N2/c1-2-4-8-7(3-1)5-6-9-8;1-2-6-4-3-5-1;1-2-5-3-4-1/h1-6H;1-4H;1-3H,(H,4,5). The van der Waals surface area contributed by atoms with Crippen LogP contribution in [0.4, 0.5) is 0 Å². The monoisotopic (exact) mass is 266 g/mol. The summed E-state index contributed by atoms with van der Waals surface area (Å²) in [6.45, 7) is 0. The van der Waals surface area contributed by atoms with E-state index in [2.05, 4.69) is 19.9 Å². The van der Waals surface area contributed by atoms with Crippen LogP contribution in [0.25, 0.3) is 11.0 Å². The third kappa shape index (κ3) is 4.73. The highest BCUT2D eigenvalue weighted by Gasteiger charge is 1.89. The first-order chi connectivity index (χ1) is 9.97. The molecule has 0 aliphatic carbocycles. The van der Waals surface area contributed by atoms with Gasteiger partial charge in [0.25, 0.3) is 0 Å². The number of imidazole rings is 1. The molecule has 0 spiro atoms. The fraction of sp³-hybridized carbons (Fsp3) is 0. The van der Waals surface area contributed by atoms with Crippen molar-refractivity contribution in [2.45, 2.75) is 0 Å². The highest BCUT2D eigenvalue weighted by molar-refractivity contribution is 5.76. The molecule has 0 saturated carbocycles. The normalized spacial score (nSPS) is 9.00. The molecule has 5 heteroatoms. The maximum Gasteiger partial charge on any atom is 0.133 e. The van der Waals surface area contributed by atoms with Gasteiger partial charge >= 0.3 is 0 Å². The van der Waals surface area contributed by atoms with E-state index in [-0.39, 0.29) is 0 Å². The van der Waals surface area contributed by atoms with Crippen LogP contribution in [0.15, 0.2) is 84.5 Å². The van der Waals surface area contributed by atoms with Gasteiger partial charge in [0, 0.05) is 42.6 Å². The molecule has 1 aromatic carbocycles. The van der Waals surface area contributed by atoms with Gasteiger partial charge < -0.3 is 9.40 Å². The van der Waals surface area contributed by atoms with Crippen molar-refractivity contribution in [3.05, 3.63) is 80.1 Å². The number of aromatic amines is 1. The number of nitrogens with one attached hydrogen (secondary N) is 1. The Kier molecular flexibility index (Phi) is 5.53. The molecule has 4 aromatic rings. The molecular formula is C15H14N4O. The number of aromatic nitrogens is 4. The third-order valence-corrected chi connectivity index (χ3v) is 2.25. The molecule has 20 heavy (non-hydrogen) atoms. The van der Waals surface area contributed by atoms with E-state index in [1.165, 1.54) is 0 Å². The molecule has 0 saturated heterocycles. The Morgan fingerprint density at radius 1 is 0.800 bits per heavy atom. The van der Waals surface area contributed by atoms with Crippen molar-refractivity contribution < 1.29 is 4.42 Å². The molecule has 3 aromatic heterocycles. The van der Waals surface area contributed by atoms with Gasteiger partial charge in [-0.1, -0.05) is 18.2 Å². The fourth-order valence-corrected chi connectivity index (χ4v) is 1.37. The fourth-order valence-electron chi connectivity index (χ4n) is 1.37. The molecule has 0 radical (unpaired) electrons. The van der Waals surface area contributed by atoms with Gasteiger partial charge in [0.1, 0.15) is 5.58 Å². The smallest absolute Gasteiger partial charge is 0.133 e. The average molecular weight is 266 g/mol. The summed E-state index contributed by atoms with van der Waals surface area (Å²) in [7, 11) is 0. The summed E-state index contributed by atoms with van der Waals surface area (Å²) in [4.78, 5) is 13.9. The first-order valence-electron chi connectivity index (χ1n) is 6.02. The highest BCUT2D eigenvalue weighted by atomic mass is 16.3. The van der Waals surface area contributed by atoms with Crippen LogP contribution >= 0.6 is 0 Å². The molecule has 0 bridgehead atoms. The van der Waals surface area contributed by atoms with E-state index in [0.29, 0.717) is 0 Å². The van der Waals surface area contributed by atoms with Crippen molar-refractivity contribution in [1.82, 2.24) is 19.9 Å². The maximum atomic E-state index is 5.12. The number of rotatable bonds is 0. The van der Waals surface area contributed by atoms with E-state index >= 15 is 0 Å². The molecule has 4 rings (SSSR count). The number of benzene rings is 1. The molecule has 1 N–H and O–H groups in total. The number of para-hydroxylation sites is 1. The van der Waals surface area contributed by atoms with Crippen LogP contribution in [0.5, 0.6) is 0 Å². The SMILES string of the molecule is c1c[nH]cn1.c1ccc2occc2c1.c1cnccn1. The highest BCUT2D eigenvalue weighted by Crippen LogP contribution is 2.12. The molecule has 3 heterocycles. The van der Waals surface area contributed by atoms with Crippen LogP contribution in [0.3, 0.4) is 0 Å². The van der Waals surface area contributed by atoms with Crippen LogP contribution in [-0.2, 0) is 0 Å². The lowest BCUT2D eigenvalue weighted by molar-refractivity contribution is 0.616. The maximum absolute atomic E-state index is 5.12. The number of fused-ring (bicyclic) bond motifs is 1. The second-order valence-corrected chi connectivity index (χ2v) is 3.61. The van der Waals surface area contributed by atoms with Crippen LogP contribution in [0.1, 0.15) is 0 Å². The first-order valence-corrected chi connectivity index (χ1v) is 6.02. The Labute approximate surface area is 116 Å². The van der Waals surface area contributed by atoms with E-state index in [1.807, 2.05) is 30.3 Å². The minimum absolute atomic E-state index is 0.956. The predicted molar refractivity (Wildman–Crippen MR) is 76.8 cm³/mol. The van der Waals surface area contributed by atoms with E-state index in [4.69, 9.17) is 4.42 Å². The first kappa shape index (κ1) is 13.5. The molecule has 0 aliphatic heterocycles. The van der Waals surface area contributed by atoms with E-state index in [1.54, 1.807) is 49.8 Å². The van der Waals surface area contributed by atoms with Crippen LogP contribution in [0, 0.1) is 0 Å². The van der Waals surface area contributed by atoms with Gasteiger partial charge in [-0.3, -0.25) is 9.97 Å². The molecule has 0 unspecified atom stereocenters. The van der Waals surface area contributed by atoms with E-state index in [9.17, 15) is 0 Å². The van der Waals surface area contributed by atoms with Gasteiger partial charge in [0.2, 0.25) is 0 Å². The molecule has 5 nitrogen and oxygen atoms in total. The van der Waals surface area contributed by atoms with Crippen LogP contribution in [-0.4, -0.2) is 19.9 Å². The number of furan rings is 1. The van der Waals surface area contributed by atoms with Crippen molar-refractivity contribution in [3.8, 4) is 0 Å². The second kappa shape index (κ2) is 8.20. The van der Waals surface area contributed by atoms with E-state index in [0.717, 1.165) is 11.0 Å². The molecular weight excluding hydrogens is 252 g/mol. The Balaban J connectivity index is 0.000000117. The zero-order valence-corrected chi connectivity index (χ0v) is 10.8. The topological polar surface area (TPSA) is 67.6 Å². The second-order valence-electron chi connectivity index (χ2n) is 3.61. The van der Waals surface area contributed by atoms with Gasteiger partial charge in [-0.05, 0) is 12.1 Å². The summed E-state index contributed by atoms with van der Waals surface area (Å²) in [6.07, 6.45) is 13.3. The van der Waals surface area contributed by atoms with Crippen molar-refractivity contribution in [3.63, 3.8) is 0 Å². The van der Waals surface area contributed by atoms with Gasteiger partial charge in [-0.2, -0.15) is 0 Å². The Bertz CT molecular complexity index is 603. The Morgan fingerprint density at radius 2 is 1.55 bits per heavy atom.